The molecule has 0 bridgehead atoms. The van der Waals surface area contributed by atoms with E-state index in [1.54, 1.807) is 29.7 Å². The van der Waals surface area contributed by atoms with Gasteiger partial charge >= 0.3 is 0 Å². The van der Waals surface area contributed by atoms with Gasteiger partial charge in [0.2, 0.25) is 10.0 Å². The van der Waals surface area contributed by atoms with E-state index >= 15 is 0 Å². The molecule has 0 unspecified atom stereocenters. The van der Waals surface area contributed by atoms with Crippen molar-refractivity contribution in [1.29, 1.82) is 0 Å². The standard InChI is InChI=1S/C26H24FN3O3S2/c1-3-17-30-24-22(27)11-8-12-23(24)34-26(30)28-25(31)20-13-15-21(16-14-20)35(32,33)29(4-2)18-19-9-6-5-7-10-19/h3,5-16H,1,4,17-18H2,2H3. The van der Waals surface area contributed by atoms with E-state index in [2.05, 4.69) is 11.6 Å². The highest BCUT2D eigenvalue weighted by Crippen LogP contribution is 2.21. The summed E-state index contributed by atoms with van der Waals surface area (Å²) in [5.41, 5.74) is 1.48. The van der Waals surface area contributed by atoms with Gasteiger partial charge in [0.15, 0.2) is 4.80 Å². The minimum absolute atomic E-state index is 0.0949. The quantitative estimate of drug-likeness (QED) is 0.315. The summed E-state index contributed by atoms with van der Waals surface area (Å²) < 4.78 is 44.4. The number of carbonyl (C=O) groups excluding carboxylic acids is 1. The molecule has 0 N–H and O–H groups in total. The zero-order valence-electron chi connectivity index (χ0n) is 19.1. The van der Waals surface area contributed by atoms with Crippen molar-refractivity contribution in [2.24, 2.45) is 4.99 Å². The second-order valence-electron chi connectivity index (χ2n) is 7.73. The predicted octanol–water partition coefficient (Wildman–Crippen LogP) is 4.98. The summed E-state index contributed by atoms with van der Waals surface area (Å²) in [6.45, 7) is 6.33. The van der Waals surface area contributed by atoms with Crippen molar-refractivity contribution >= 4 is 37.5 Å². The lowest BCUT2D eigenvalue weighted by Crippen LogP contribution is -2.30. The Morgan fingerprint density at radius 1 is 1.09 bits per heavy atom. The van der Waals surface area contributed by atoms with Crippen LogP contribution in [0.15, 0.2) is 95.3 Å². The number of aromatic nitrogens is 1. The van der Waals surface area contributed by atoms with Crippen molar-refractivity contribution in [2.75, 3.05) is 6.54 Å². The van der Waals surface area contributed by atoms with Gasteiger partial charge in [-0.25, -0.2) is 12.8 Å². The van der Waals surface area contributed by atoms with Crippen LogP contribution in [0.1, 0.15) is 22.8 Å². The maximum absolute atomic E-state index is 14.4. The maximum Gasteiger partial charge on any atom is 0.279 e. The lowest BCUT2D eigenvalue weighted by Gasteiger charge is -2.20. The van der Waals surface area contributed by atoms with Gasteiger partial charge in [-0.3, -0.25) is 4.79 Å². The summed E-state index contributed by atoms with van der Waals surface area (Å²) in [4.78, 5) is 17.5. The molecule has 35 heavy (non-hydrogen) atoms. The molecule has 1 aromatic heterocycles. The van der Waals surface area contributed by atoms with Crippen molar-refractivity contribution in [3.63, 3.8) is 0 Å². The molecule has 0 radical (unpaired) electrons. The number of sulfonamides is 1. The Balaban J connectivity index is 1.63. The Kier molecular flexibility index (Phi) is 7.39. The van der Waals surface area contributed by atoms with E-state index in [4.69, 9.17) is 0 Å². The van der Waals surface area contributed by atoms with E-state index in [-0.39, 0.29) is 17.0 Å². The van der Waals surface area contributed by atoms with E-state index in [1.165, 1.54) is 46.0 Å². The van der Waals surface area contributed by atoms with Crippen LogP contribution in [0.4, 0.5) is 4.39 Å². The number of rotatable bonds is 8. The fourth-order valence-corrected chi connectivity index (χ4v) is 6.18. The average Bonchev–Trinajstić information content (AvgIpc) is 3.21. The number of benzene rings is 3. The molecule has 0 aliphatic rings. The number of carbonyl (C=O) groups is 1. The zero-order chi connectivity index (χ0) is 25.0. The summed E-state index contributed by atoms with van der Waals surface area (Å²) >= 11 is 1.20. The number of hydrogen-bond acceptors (Lipinski definition) is 4. The highest BCUT2D eigenvalue weighted by atomic mass is 32.2. The summed E-state index contributed by atoms with van der Waals surface area (Å²) in [6, 6.07) is 19.8. The number of nitrogens with zero attached hydrogens (tertiary/aromatic N) is 3. The van der Waals surface area contributed by atoms with E-state index in [0.717, 1.165) is 5.56 Å². The van der Waals surface area contributed by atoms with Crippen LogP contribution in [-0.2, 0) is 23.1 Å². The molecule has 6 nitrogen and oxygen atoms in total. The van der Waals surface area contributed by atoms with Crippen LogP contribution >= 0.6 is 11.3 Å². The highest BCUT2D eigenvalue weighted by Gasteiger charge is 2.23. The summed E-state index contributed by atoms with van der Waals surface area (Å²) in [5.74, 6) is -0.949. The predicted molar refractivity (Wildman–Crippen MR) is 136 cm³/mol. The fraction of sp³-hybridized carbons (Fsp3) is 0.154. The van der Waals surface area contributed by atoms with Crippen LogP contribution in [0.25, 0.3) is 10.2 Å². The third-order valence-corrected chi connectivity index (χ3v) is 8.43. The molecule has 0 fully saturated rings. The van der Waals surface area contributed by atoms with Gasteiger partial charge in [-0.05, 0) is 42.0 Å². The monoisotopic (exact) mass is 509 g/mol. The second kappa shape index (κ2) is 10.5. The van der Waals surface area contributed by atoms with Gasteiger partial charge in [0, 0.05) is 25.2 Å². The maximum atomic E-state index is 14.4. The Labute approximate surface area is 207 Å². The third kappa shape index (κ3) is 5.17. The van der Waals surface area contributed by atoms with Gasteiger partial charge in [-0.1, -0.05) is 60.7 Å². The van der Waals surface area contributed by atoms with E-state index in [0.29, 0.717) is 28.1 Å². The van der Waals surface area contributed by atoms with Crippen LogP contribution in [0, 0.1) is 5.82 Å². The SMILES string of the molecule is C=CCn1c(=NC(=O)c2ccc(S(=O)(=O)N(CC)Cc3ccccc3)cc2)sc2cccc(F)c21. The number of halogens is 1. The first-order valence-corrected chi connectivity index (χ1v) is 13.2. The topological polar surface area (TPSA) is 71.7 Å². The van der Waals surface area contributed by atoms with Crippen molar-refractivity contribution in [1.82, 2.24) is 8.87 Å². The van der Waals surface area contributed by atoms with Crippen LogP contribution in [0.5, 0.6) is 0 Å². The average molecular weight is 510 g/mol. The normalized spacial score (nSPS) is 12.4. The fourth-order valence-electron chi connectivity index (χ4n) is 3.69. The van der Waals surface area contributed by atoms with Gasteiger partial charge in [-0.15, -0.1) is 6.58 Å². The minimum atomic E-state index is -3.75. The molecular formula is C26H24FN3O3S2. The van der Waals surface area contributed by atoms with Gasteiger partial charge in [-0.2, -0.15) is 9.30 Å². The third-order valence-electron chi connectivity index (χ3n) is 5.45. The Hall–Kier alpha value is -3.40. The smallest absolute Gasteiger partial charge is 0.279 e. The molecule has 0 aliphatic heterocycles. The first kappa shape index (κ1) is 24.7. The lowest BCUT2D eigenvalue weighted by molar-refractivity contribution is 0.0997. The minimum Gasteiger partial charge on any atom is -0.310 e. The van der Waals surface area contributed by atoms with Crippen LogP contribution in [-0.4, -0.2) is 29.7 Å². The lowest BCUT2D eigenvalue weighted by atomic mass is 10.2. The van der Waals surface area contributed by atoms with Crippen LogP contribution in [0.3, 0.4) is 0 Å². The molecular weight excluding hydrogens is 485 g/mol. The van der Waals surface area contributed by atoms with Crippen LogP contribution < -0.4 is 4.80 Å². The summed E-state index contributed by atoms with van der Waals surface area (Å²) in [7, 11) is -3.75. The largest absolute Gasteiger partial charge is 0.310 e. The first-order chi connectivity index (χ1) is 16.8. The molecule has 0 spiro atoms. The summed E-state index contributed by atoms with van der Waals surface area (Å²) in [6.07, 6.45) is 1.61. The van der Waals surface area contributed by atoms with Crippen molar-refractivity contribution in [2.45, 2.75) is 24.9 Å². The summed E-state index contributed by atoms with van der Waals surface area (Å²) in [5, 5.41) is 0. The highest BCUT2D eigenvalue weighted by molar-refractivity contribution is 7.89. The Bertz CT molecular complexity index is 1540. The van der Waals surface area contributed by atoms with Crippen molar-refractivity contribution in [3.8, 4) is 0 Å². The molecule has 0 saturated heterocycles. The number of fused-ring (bicyclic) bond motifs is 1. The molecule has 1 amide bonds. The van der Waals surface area contributed by atoms with Gasteiger partial charge in [0.1, 0.15) is 5.82 Å². The number of para-hydroxylation sites is 1. The van der Waals surface area contributed by atoms with Gasteiger partial charge in [0.05, 0.1) is 15.1 Å². The van der Waals surface area contributed by atoms with Gasteiger partial charge < -0.3 is 4.57 Å². The molecule has 180 valence electrons. The molecule has 4 aromatic rings. The molecule has 0 atom stereocenters. The van der Waals surface area contributed by atoms with Crippen molar-refractivity contribution in [3.05, 3.63) is 107 Å². The van der Waals surface area contributed by atoms with Crippen molar-refractivity contribution < 1.29 is 17.6 Å². The number of thiazole rings is 1. The molecule has 1 heterocycles. The van der Waals surface area contributed by atoms with E-state index < -0.39 is 21.7 Å². The van der Waals surface area contributed by atoms with E-state index in [1.807, 2.05) is 30.3 Å². The molecule has 9 heteroatoms. The van der Waals surface area contributed by atoms with Gasteiger partial charge in [0.25, 0.3) is 5.91 Å². The number of amides is 1. The molecule has 3 aromatic carbocycles. The Morgan fingerprint density at radius 3 is 2.46 bits per heavy atom. The zero-order valence-corrected chi connectivity index (χ0v) is 20.7. The first-order valence-electron chi connectivity index (χ1n) is 11.0. The molecule has 4 rings (SSSR count). The molecule has 0 aliphatic carbocycles. The number of hydrogen-bond donors (Lipinski definition) is 0. The molecule has 0 saturated carbocycles. The van der Waals surface area contributed by atoms with E-state index in [9.17, 15) is 17.6 Å². The Morgan fingerprint density at radius 2 is 1.80 bits per heavy atom. The van der Waals surface area contributed by atoms with Crippen LogP contribution in [0.2, 0.25) is 0 Å². The second-order valence-corrected chi connectivity index (χ2v) is 10.7. The number of allylic oxidation sites excluding steroid dienone is 1.